The third kappa shape index (κ3) is 4.70. The van der Waals surface area contributed by atoms with Crippen molar-refractivity contribution in [1.29, 1.82) is 0 Å². The van der Waals surface area contributed by atoms with Gasteiger partial charge in [-0.25, -0.2) is 4.68 Å². The molecule has 1 aromatic heterocycles. The van der Waals surface area contributed by atoms with Crippen LogP contribution in [0.2, 0.25) is 5.02 Å². The number of aromatic nitrogens is 4. The van der Waals surface area contributed by atoms with Gasteiger partial charge in [0.2, 0.25) is 5.91 Å². The molecule has 2 rings (SSSR count). The smallest absolute Gasteiger partial charge is 0.242 e. The van der Waals surface area contributed by atoms with Crippen molar-refractivity contribution in [3.05, 3.63) is 35.1 Å². The Labute approximate surface area is 133 Å². The number of ether oxygens (including phenoxy) is 1. The van der Waals surface area contributed by atoms with Gasteiger partial charge in [-0.1, -0.05) is 23.7 Å². The Morgan fingerprint density at radius 2 is 2.09 bits per heavy atom. The number of hydrogen-bond acceptors (Lipinski definition) is 5. The molecule has 0 bridgehead atoms. The van der Waals surface area contributed by atoms with Gasteiger partial charge in [0.15, 0.2) is 5.82 Å². The molecular weight excluding hydrogens is 306 g/mol. The fraction of sp³-hybridized carbons (Fsp3) is 0.429. The summed E-state index contributed by atoms with van der Waals surface area (Å²) in [4.78, 5) is 11.9. The third-order valence-corrected chi connectivity index (χ3v) is 2.92. The predicted molar refractivity (Wildman–Crippen MR) is 81.5 cm³/mol. The van der Waals surface area contributed by atoms with Crippen molar-refractivity contribution in [2.45, 2.75) is 39.5 Å². The zero-order valence-corrected chi connectivity index (χ0v) is 13.5. The highest BCUT2D eigenvalue weighted by molar-refractivity contribution is 6.32. The predicted octanol–water partition coefficient (Wildman–Crippen LogP) is 1.82. The number of carbonyl (C=O) groups is 1. The molecule has 0 saturated carbocycles. The molecule has 1 heterocycles. The first kappa shape index (κ1) is 16.2. The van der Waals surface area contributed by atoms with E-state index in [1.807, 2.05) is 32.9 Å². The Morgan fingerprint density at radius 1 is 1.36 bits per heavy atom. The Hall–Kier alpha value is -2.15. The van der Waals surface area contributed by atoms with Gasteiger partial charge in [0.25, 0.3) is 0 Å². The molecule has 22 heavy (non-hydrogen) atoms. The topological polar surface area (TPSA) is 81.9 Å². The van der Waals surface area contributed by atoms with Crippen molar-refractivity contribution in [2.75, 3.05) is 0 Å². The summed E-state index contributed by atoms with van der Waals surface area (Å²) in [5.41, 5.74) is -0.306. The zero-order chi connectivity index (χ0) is 16.2. The normalized spacial score (nSPS) is 11.3. The highest BCUT2D eigenvalue weighted by Crippen LogP contribution is 2.23. The summed E-state index contributed by atoms with van der Waals surface area (Å²) in [6.07, 6.45) is 0. The van der Waals surface area contributed by atoms with E-state index in [1.54, 1.807) is 12.1 Å². The summed E-state index contributed by atoms with van der Waals surface area (Å²) in [7, 11) is 0. The van der Waals surface area contributed by atoms with E-state index >= 15 is 0 Å². The third-order valence-electron chi connectivity index (χ3n) is 2.61. The lowest BCUT2D eigenvalue weighted by Gasteiger charge is -2.20. The van der Waals surface area contributed by atoms with Gasteiger partial charge < -0.3 is 10.1 Å². The minimum Gasteiger partial charge on any atom is -0.484 e. The first-order valence-corrected chi connectivity index (χ1v) is 7.16. The summed E-state index contributed by atoms with van der Waals surface area (Å²) >= 11 is 6.01. The molecule has 0 aliphatic rings. The number of nitrogens with zero attached hydrogens (tertiary/aromatic N) is 4. The number of nitrogens with one attached hydrogen (secondary N) is 1. The average molecular weight is 324 g/mol. The maximum Gasteiger partial charge on any atom is 0.242 e. The van der Waals surface area contributed by atoms with Crippen LogP contribution in [0.5, 0.6) is 5.75 Å². The van der Waals surface area contributed by atoms with Crippen LogP contribution in [-0.4, -0.2) is 31.7 Å². The van der Waals surface area contributed by atoms with Gasteiger partial charge in [-0.05, 0) is 43.3 Å². The first-order valence-electron chi connectivity index (χ1n) is 6.78. The molecule has 0 unspecified atom stereocenters. The lowest BCUT2D eigenvalue weighted by Crippen LogP contribution is -2.42. The lowest BCUT2D eigenvalue weighted by molar-refractivity contribution is -0.123. The number of amides is 1. The van der Waals surface area contributed by atoms with Crippen LogP contribution in [0, 0.1) is 0 Å². The van der Waals surface area contributed by atoms with Crippen LogP contribution < -0.4 is 10.1 Å². The van der Waals surface area contributed by atoms with E-state index in [2.05, 4.69) is 20.8 Å². The summed E-state index contributed by atoms with van der Waals surface area (Å²) in [6, 6.07) is 7.12. The molecule has 2 aromatic rings. The number of rotatable bonds is 5. The molecule has 0 aliphatic heterocycles. The van der Waals surface area contributed by atoms with Crippen molar-refractivity contribution in [1.82, 2.24) is 25.5 Å². The van der Waals surface area contributed by atoms with Crippen LogP contribution in [0.1, 0.15) is 26.6 Å². The van der Waals surface area contributed by atoms with E-state index in [1.165, 1.54) is 4.68 Å². The molecule has 7 nitrogen and oxygen atoms in total. The number of benzene rings is 1. The largest absolute Gasteiger partial charge is 0.484 e. The van der Waals surface area contributed by atoms with Crippen LogP contribution in [0.15, 0.2) is 24.3 Å². The molecule has 1 N–H and O–H groups in total. The highest BCUT2D eigenvalue weighted by Gasteiger charge is 2.16. The number of halogens is 1. The summed E-state index contributed by atoms with van der Waals surface area (Å²) in [5, 5.41) is 14.6. The van der Waals surface area contributed by atoms with Crippen molar-refractivity contribution in [3.63, 3.8) is 0 Å². The van der Waals surface area contributed by atoms with Crippen LogP contribution in [0.4, 0.5) is 0 Å². The molecule has 8 heteroatoms. The van der Waals surface area contributed by atoms with E-state index < -0.39 is 0 Å². The standard InChI is InChI=1S/C14H18ClN5O2/c1-14(2,3)16-13(21)8-20-12(17-18-19-20)9-22-11-7-5-4-6-10(11)15/h4-7H,8-9H2,1-3H3,(H,16,21). The van der Waals surface area contributed by atoms with Crippen molar-refractivity contribution < 1.29 is 9.53 Å². The summed E-state index contributed by atoms with van der Waals surface area (Å²) in [6.45, 7) is 5.88. The summed E-state index contributed by atoms with van der Waals surface area (Å²) in [5.74, 6) is 0.820. The number of carbonyl (C=O) groups excluding carboxylic acids is 1. The van der Waals surface area contributed by atoms with Crippen molar-refractivity contribution in [2.24, 2.45) is 0 Å². The maximum atomic E-state index is 11.9. The van der Waals surface area contributed by atoms with Crippen molar-refractivity contribution in [3.8, 4) is 5.75 Å². The molecule has 0 fully saturated rings. The van der Waals surface area contributed by atoms with Gasteiger partial charge >= 0.3 is 0 Å². The fourth-order valence-electron chi connectivity index (χ4n) is 1.75. The van der Waals surface area contributed by atoms with Gasteiger partial charge in [-0.2, -0.15) is 0 Å². The zero-order valence-electron chi connectivity index (χ0n) is 12.7. The van der Waals surface area contributed by atoms with Gasteiger partial charge in [0.1, 0.15) is 18.9 Å². The number of hydrogen-bond donors (Lipinski definition) is 1. The Balaban J connectivity index is 1.98. The number of para-hydroxylation sites is 1. The second kappa shape index (κ2) is 6.74. The molecule has 0 spiro atoms. The van der Waals surface area contributed by atoms with Gasteiger partial charge in [-0.3, -0.25) is 4.79 Å². The van der Waals surface area contributed by atoms with Crippen LogP contribution in [0.25, 0.3) is 0 Å². The molecule has 118 valence electrons. The van der Waals surface area contributed by atoms with E-state index in [-0.39, 0.29) is 24.6 Å². The molecular formula is C14H18ClN5O2. The average Bonchev–Trinajstić information content (AvgIpc) is 2.83. The first-order chi connectivity index (χ1) is 10.3. The lowest BCUT2D eigenvalue weighted by atomic mass is 10.1. The molecule has 1 aromatic carbocycles. The fourth-order valence-corrected chi connectivity index (χ4v) is 1.94. The molecule has 1 amide bonds. The number of tetrazole rings is 1. The van der Waals surface area contributed by atoms with E-state index in [4.69, 9.17) is 16.3 Å². The Bertz CT molecular complexity index is 651. The van der Waals surface area contributed by atoms with E-state index in [9.17, 15) is 4.79 Å². The quantitative estimate of drug-likeness (QED) is 0.907. The minimum atomic E-state index is -0.306. The second-order valence-electron chi connectivity index (χ2n) is 5.77. The highest BCUT2D eigenvalue weighted by atomic mass is 35.5. The Morgan fingerprint density at radius 3 is 2.77 bits per heavy atom. The van der Waals surface area contributed by atoms with Gasteiger partial charge in [0.05, 0.1) is 5.02 Å². The van der Waals surface area contributed by atoms with E-state index in [0.29, 0.717) is 16.6 Å². The SMILES string of the molecule is CC(C)(C)NC(=O)Cn1nnnc1COc1ccccc1Cl. The van der Waals surface area contributed by atoms with Crippen LogP contribution in [0.3, 0.4) is 0 Å². The van der Waals surface area contributed by atoms with Crippen LogP contribution >= 0.6 is 11.6 Å². The van der Waals surface area contributed by atoms with Crippen LogP contribution in [-0.2, 0) is 17.9 Å². The van der Waals surface area contributed by atoms with E-state index in [0.717, 1.165) is 0 Å². The minimum absolute atomic E-state index is 0.0332. The maximum absolute atomic E-state index is 11.9. The Kier molecular flexibility index (Phi) is 4.97. The molecule has 0 radical (unpaired) electrons. The monoisotopic (exact) mass is 323 g/mol. The molecule has 0 atom stereocenters. The van der Waals surface area contributed by atoms with Gasteiger partial charge in [0, 0.05) is 5.54 Å². The molecule has 0 aliphatic carbocycles. The molecule has 0 saturated heterocycles. The summed E-state index contributed by atoms with van der Waals surface area (Å²) < 4.78 is 6.98. The second-order valence-corrected chi connectivity index (χ2v) is 6.18. The van der Waals surface area contributed by atoms with Gasteiger partial charge in [-0.15, -0.1) is 5.10 Å². The van der Waals surface area contributed by atoms with Crippen molar-refractivity contribution >= 4 is 17.5 Å².